The molecule has 0 atom stereocenters. The van der Waals surface area contributed by atoms with E-state index in [1.807, 2.05) is 13.0 Å². The first-order chi connectivity index (χ1) is 15.4. The number of aryl methyl sites for hydroxylation is 1. The molecule has 4 aromatic rings. The molecule has 0 aliphatic rings. The van der Waals surface area contributed by atoms with Crippen LogP contribution in [0.2, 0.25) is 5.02 Å². The molecule has 0 saturated heterocycles. The van der Waals surface area contributed by atoms with Crippen LogP contribution in [0.3, 0.4) is 0 Å². The van der Waals surface area contributed by atoms with Gasteiger partial charge in [-0.2, -0.15) is 5.10 Å². The number of carbonyl (C=O) groups excluding carboxylic acids is 1. The van der Waals surface area contributed by atoms with E-state index in [1.165, 1.54) is 6.07 Å². The Bertz CT molecular complexity index is 1270. The lowest BCUT2D eigenvalue weighted by molar-refractivity contribution is 0.0992. The Balaban J connectivity index is 1.38. The van der Waals surface area contributed by atoms with Gasteiger partial charge in [-0.1, -0.05) is 45.7 Å². The number of halogens is 3. The summed E-state index contributed by atoms with van der Waals surface area (Å²) in [6, 6.07) is 16.7. The van der Waals surface area contributed by atoms with Crippen molar-refractivity contribution in [2.75, 3.05) is 5.32 Å². The van der Waals surface area contributed by atoms with Gasteiger partial charge in [0, 0.05) is 21.8 Å². The van der Waals surface area contributed by atoms with Crippen molar-refractivity contribution in [3.05, 3.63) is 98.8 Å². The fraction of sp³-hybridized carbons (Fsp3) is 0.130. The summed E-state index contributed by atoms with van der Waals surface area (Å²) >= 11 is 9.47. The molecular formula is C23H18BrClFN3O3. The number of nitrogens with one attached hydrogen (secondary N) is 1. The zero-order valence-corrected chi connectivity index (χ0v) is 19.3. The molecule has 32 heavy (non-hydrogen) atoms. The van der Waals surface area contributed by atoms with Crippen LogP contribution in [0.5, 0.6) is 5.75 Å². The number of anilines is 1. The summed E-state index contributed by atoms with van der Waals surface area (Å²) in [6.45, 7) is 2.21. The zero-order valence-electron chi connectivity index (χ0n) is 16.9. The SMILES string of the molecule is Cc1cc(NC(=O)c2ccc(COc3ccc(Br)cc3Cl)o2)nn1Cc1ccccc1F. The van der Waals surface area contributed by atoms with Gasteiger partial charge in [0.05, 0.1) is 11.6 Å². The van der Waals surface area contributed by atoms with E-state index < -0.39 is 5.91 Å². The third kappa shape index (κ3) is 5.20. The third-order valence-electron chi connectivity index (χ3n) is 4.65. The summed E-state index contributed by atoms with van der Waals surface area (Å²) in [5.74, 6) is 0.686. The number of ether oxygens (including phenoxy) is 1. The summed E-state index contributed by atoms with van der Waals surface area (Å²) in [6.07, 6.45) is 0. The molecule has 1 amide bonds. The molecule has 4 rings (SSSR count). The highest BCUT2D eigenvalue weighted by Gasteiger charge is 2.15. The van der Waals surface area contributed by atoms with Crippen LogP contribution in [-0.2, 0) is 13.2 Å². The van der Waals surface area contributed by atoms with Gasteiger partial charge in [-0.15, -0.1) is 0 Å². The molecule has 2 aromatic carbocycles. The van der Waals surface area contributed by atoms with Crippen LogP contribution in [-0.4, -0.2) is 15.7 Å². The molecule has 0 spiro atoms. The smallest absolute Gasteiger partial charge is 0.292 e. The summed E-state index contributed by atoms with van der Waals surface area (Å²) in [5, 5.41) is 7.50. The highest BCUT2D eigenvalue weighted by atomic mass is 79.9. The molecular weight excluding hydrogens is 501 g/mol. The molecule has 2 heterocycles. The van der Waals surface area contributed by atoms with Crippen molar-refractivity contribution in [2.24, 2.45) is 0 Å². The van der Waals surface area contributed by atoms with Crippen LogP contribution in [0.15, 0.2) is 69.6 Å². The van der Waals surface area contributed by atoms with E-state index in [0.717, 1.165) is 10.2 Å². The minimum Gasteiger partial charge on any atom is -0.484 e. The predicted molar refractivity (Wildman–Crippen MR) is 123 cm³/mol. The summed E-state index contributed by atoms with van der Waals surface area (Å²) in [4.78, 5) is 12.5. The van der Waals surface area contributed by atoms with Crippen LogP contribution in [0, 0.1) is 12.7 Å². The number of hydrogen-bond acceptors (Lipinski definition) is 4. The van der Waals surface area contributed by atoms with Crippen LogP contribution < -0.4 is 10.1 Å². The molecule has 0 saturated carbocycles. The van der Waals surface area contributed by atoms with Crippen molar-refractivity contribution < 1.29 is 18.3 Å². The number of hydrogen-bond donors (Lipinski definition) is 1. The molecule has 9 heteroatoms. The molecule has 0 aliphatic carbocycles. The van der Waals surface area contributed by atoms with Crippen LogP contribution in [0.25, 0.3) is 0 Å². The van der Waals surface area contributed by atoms with Crippen LogP contribution >= 0.6 is 27.5 Å². The lowest BCUT2D eigenvalue weighted by Gasteiger charge is -2.06. The van der Waals surface area contributed by atoms with Gasteiger partial charge in [-0.05, 0) is 43.3 Å². The summed E-state index contributed by atoms with van der Waals surface area (Å²) in [7, 11) is 0. The maximum atomic E-state index is 13.9. The third-order valence-corrected chi connectivity index (χ3v) is 5.44. The molecule has 0 aliphatic heterocycles. The Labute approximate surface area is 197 Å². The molecule has 0 unspecified atom stereocenters. The van der Waals surface area contributed by atoms with E-state index in [1.54, 1.807) is 53.2 Å². The van der Waals surface area contributed by atoms with Crippen LogP contribution in [0.1, 0.15) is 27.6 Å². The Morgan fingerprint density at radius 1 is 1.22 bits per heavy atom. The lowest BCUT2D eigenvalue weighted by atomic mass is 10.2. The number of carbonyl (C=O) groups is 1. The number of rotatable bonds is 7. The topological polar surface area (TPSA) is 69.3 Å². The van der Waals surface area contributed by atoms with Gasteiger partial charge in [-0.25, -0.2) is 4.39 Å². The second-order valence-corrected chi connectivity index (χ2v) is 8.33. The van der Waals surface area contributed by atoms with Gasteiger partial charge in [0.25, 0.3) is 5.91 Å². The number of benzene rings is 2. The normalized spacial score (nSPS) is 10.9. The minimum atomic E-state index is -0.450. The average Bonchev–Trinajstić information content (AvgIpc) is 3.36. The second kappa shape index (κ2) is 9.58. The van der Waals surface area contributed by atoms with Gasteiger partial charge in [-0.3, -0.25) is 9.48 Å². The molecule has 0 radical (unpaired) electrons. The standard InChI is InChI=1S/C23H18BrClFN3O3/c1-14-10-22(28-29(14)12-15-4-2-3-5-19(15)26)27-23(30)21-9-7-17(32-21)13-31-20-8-6-16(24)11-18(20)25/h2-11H,12-13H2,1H3,(H,27,28,30). The predicted octanol–water partition coefficient (Wildman–Crippen LogP) is 6.22. The number of furan rings is 1. The molecule has 6 nitrogen and oxygen atoms in total. The lowest BCUT2D eigenvalue weighted by Crippen LogP contribution is -2.12. The van der Waals surface area contributed by atoms with Crippen molar-refractivity contribution in [3.8, 4) is 5.75 Å². The van der Waals surface area contributed by atoms with Crippen molar-refractivity contribution >= 4 is 39.3 Å². The van der Waals surface area contributed by atoms with Gasteiger partial charge >= 0.3 is 0 Å². The molecule has 164 valence electrons. The monoisotopic (exact) mass is 517 g/mol. The molecule has 0 bridgehead atoms. The van der Waals surface area contributed by atoms with Crippen LogP contribution in [0.4, 0.5) is 10.2 Å². The summed E-state index contributed by atoms with van der Waals surface area (Å²) < 4.78 is 27.6. The van der Waals surface area contributed by atoms with E-state index in [-0.39, 0.29) is 24.7 Å². The van der Waals surface area contributed by atoms with E-state index >= 15 is 0 Å². The highest BCUT2D eigenvalue weighted by Crippen LogP contribution is 2.28. The van der Waals surface area contributed by atoms with Gasteiger partial charge < -0.3 is 14.5 Å². The van der Waals surface area contributed by atoms with Crippen molar-refractivity contribution in [1.29, 1.82) is 0 Å². The fourth-order valence-electron chi connectivity index (χ4n) is 3.02. The van der Waals surface area contributed by atoms with Gasteiger partial charge in [0.2, 0.25) is 0 Å². The quantitative estimate of drug-likeness (QED) is 0.315. The molecule has 2 aromatic heterocycles. The first-order valence-corrected chi connectivity index (χ1v) is 10.8. The minimum absolute atomic E-state index is 0.116. The number of aromatic nitrogens is 2. The van der Waals surface area contributed by atoms with E-state index in [4.69, 9.17) is 20.8 Å². The largest absolute Gasteiger partial charge is 0.484 e. The Kier molecular flexibility index (Phi) is 6.62. The first kappa shape index (κ1) is 22.1. The number of amides is 1. The average molecular weight is 519 g/mol. The van der Waals surface area contributed by atoms with Gasteiger partial charge in [0.1, 0.15) is 23.9 Å². The molecule has 0 fully saturated rings. The van der Waals surface area contributed by atoms with Crippen molar-refractivity contribution in [1.82, 2.24) is 9.78 Å². The van der Waals surface area contributed by atoms with Crippen molar-refractivity contribution in [3.63, 3.8) is 0 Å². The van der Waals surface area contributed by atoms with E-state index in [2.05, 4.69) is 26.3 Å². The van der Waals surface area contributed by atoms with Gasteiger partial charge in [0.15, 0.2) is 11.6 Å². The molecule has 1 N–H and O–H groups in total. The van der Waals surface area contributed by atoms with E-state index in [9.17, 15) is 9.18 Å². The van der Waals surface area contributed by atoms with E-state index in [0.29, 0.717) is 27.9 Å². The maximum absolute atomic E-state index is 13.9. The maximum Gasteiger partial charge on any atom is 0.292 e. The number of nitrogens with zero attached hydrogens (tertiary/aromatic N) is 2. The highest BCUT2D eigenvalue weighted by molar-refractivity contribution is 9.10. The Morgan fingerprint density at radius 2 is 2.03 bits per heavy atom. The second-order valence-electron chi connectivity index (χ2n) is 7.00. The zero-order chi connectivity index (χ0) is 22.7. The van der Waals surface area contributed by atoms with Crippen molar-refractivity contribution in [2.45, 2.75) is 20.1 Å². The first-order valence-electron chi connectivity index (χ1n) is 9.65. The summed E-state index contributed by atoms with van der Waals surface area (Å²) in [5.41, 5.74) is 1.29. The Morgan fingerprint density at radius 3 is 2.81 bits per heavy atom. The Hall–Kier alpha value is -3.10. The fourth-order valence-corrected chi connectivity index (χ4v) is 3.74.